The van der Waals surface area contributed by atoms with E-state index < -0.39 is 11.5 Å². The summed E-state index contributed by atoms with van der Waals surface area (Å²) in [5, 5.41) is 14.1. The van der Waals surface area contributed by atoms with Crippen molar-refractivity contribution in [3.05, 3.63) is 94.6 Å². The fourth-order valence-corrected chi connectivity index (χ4v) is 2.86. The SMILES string of the molecule is O=C(NC[C@](O)(c1ccoc1)c1ccco1)c1cc(=O)c2ccccc2o1. The zero-order valence-electron chi connectivity index (χ0n) is 14.0. The van der Waals surface area contributed by atoms with E-state index in [1.165, 1.54) is 18.8 Å². The predicted octanol–water partition coefficient (Wildman–Crippen LogP) is 2.64. The van der Waals surface area contributed by atoms with E-state index >= 15 is 0 Å². The van der Waals surface area contributed by atoms with E-state index in [1.807, 2.05) is 0 Å². The second-order valence-corrected chi connectivity index (χ2v) is 6.00. The topological polar surface area (TPSA) is 106 Å². The maximum absolute atomic E-state index is 12.5. The van der Waals surface area contributed by atoms with E-state index in [1.54, 1.807) is 42.5 Å². The molecule has 27 heavy (non-hydrogen) atoms. The molecule has 4 aromatic rings. The van der Waals surface area contributed by atoms with E-state index in [0.717, 1.165) is 6.07 Å². The average Bonchev–Trinajstić information content (AvgIpc) is 3.40. The summed E-state index contributed by atoms with van der Waals surface area (Å²) in [6.45, 7) is -0.213. The van der Waals surface area contributed by atoms with Gasteiger partial charge in [0, 0.05) is 11.6 Å². The monoisotopic (exact) mass is 365 g/mol. The van der Waals surface area contributed by atoms with Crippen LogP contribution in [0.3, 0.4) is 0 Å². The first-order valence-electron chi connectivity index (χ1n) is 8.18. The van der Waals surface area contributed by atoms with Crippen LogP contribution in [0.25, 0.3) is 11.0 Å². The third kappa shape index (κ3) is 3.04. The fraction of sp³-hybridized carbons (Fsp3) is 0.100. The van der Waals surface area contributed by atoms with Gasteiger partial charge in [0.05, 0.1) is 30.7 Å². The van der Waals surface area contributed by atoms with Crippen LogP contribution in [0.1, 0.15) is 21.9 Å². The normalized spacial score (nSPS) is 13.4. The van der Waals surface area contributed by atoms with Crippen molar-refractivity contribution < 1.29 is 23.2 Å². The number of hydrogen-bond acceptors (Lipinski definition) is 6. The van der Waals surface area contributed by atoms with Crippen LogP contribution < -0.4 is 10.7 Å². The Bertz CT molecular complexity index is 1090. The highest BCUT2D eigenvalue weighted by Gasteiger charge is 2.36. The van der Waals surface area contributed by atoms with Gasteiger partial charge in [0.15, 0.2) is 16.8 Å². The first-order chi connectivity index (χ1) is 13.1. The summed E-state index contributed by atoms with van der Waals surface area (Å²) in [5.41, 5.74) is -1.23. The van der Waals surface area contributed by atoms with Gasteiger partial charge < -0.3 is 23.7 Å². The van der Waals surface area contributed by atoms with Crippen molar-refractivity contribution in [2.75, 3.05) is 6.54 Å². The van der Waals surface area contributed by atoms with Crippen LogP contribution >= 0.6 is 0 Å². The summed E-state index contributed by atoms with van der Waals surface area (Å²) in [7, 11) is 0. The van der Waals surface area contributed by atoms with Crippen molar-refractivity contribution in [2.45, 2.75) is 5.60 Å². The van der Waals surface area contributed by atoms with Gasteiger partial charge in [-0.3, -0.25) is 9.59 Å². The van der Waals surface area contributed by atoms with Gasteiger partial charge in [0.1, 0.15) is 11.3 Å². The van der Waals surface area contributed by atoms with E-state index in [4.69, 9.17) is 13.3 Å². The Morgan fingerprint density at radius 3 is 2.70 bits per heavy atom. The molecule has 0 saturated carbocycles. The van der Waals surface area contributed by atoms with Crippen LogP contribution in [0.4, 0.5) is 0 Å². The minimum absolute atomic E-state index is 0.146. The molecule has 0 fully saturated rings. The van der Waals surface area contributed by atoms with Gasteiger partial charge in [0.2, 0.25) is 0 Å². The van der Waals surface area contributed by atoms with Crippen molar-refractivity contribution in [1.29, 1.82) is 0 Å². The molecule has 1 amide bonds. The van der Waals surface area contributed by atoms with Crippen LogP contribution in [0.5, 0.6) is 0 Å². The summed E-state index contributed by atoms with van der Waals surface area (Å²) in [5.74, 6) is -0.539. The summed E-state index contributed by atoms with van der Waals surface area (Å²) in [6.07, 6.45) is 4.20. The number of carbonyl (C=O) groups is 1. The maximum Gasteiger partial charge on any atom is 0.287 e. The van der Waals surface area contributed by atoms with E-state index in [0.29, 0.717) is 16.5 Å². The highest BCUT2D eigenvalue weighted by molar-refractivity contribution is 5.93. The van der Waals surface area contributed by atoms with Crippen LogP contribution in [0.15, 0.2) is 85.4 Å². The molecule has 4 rings (SSSR count). The Balaban J connectivity index is 1.62. The summed E-state index contributed by atoms with van der Waals surface area (Å²) >= 11 is 0. The molecule has 0 aliphatic heterocycles. The van der Waals surface area contributed by atoms with Crippen LogP contribution in [-0.2, 0) is 5.60 Å². The number of hydrogen-bond donors (Lipinski definition) is 2. The highest BCUT2D eigenvalue weighted by atomic mass is 16.4. The molecule has 2 N–H and O–H groups in total. The minimum atomic E-state index is -1.64. The lowest BCUT2D eigenvalue weighted by atomic mass is 9.93. The maximum atomic E-state index is 12.5. The molecule has 7 heteroatoms. The second-order valence-electron chi connectivity index (χ2n) is 6.00. The van der Waals surface area contributed by atoms with Gasteiger partial charge in [-0.15, -0.1) is 0 Å². The number of furan rings is 2. The highest BCUT2D eigenvalue weighted by Crippen LogP contribution is 2.30. The first kappa shape index (κ1) is 16.9. The van der Waals surface area contributed by atoms with Crippen LogP contribution in [-0.4, -0.2) is 17.6 Å². The van der Waals surface area contributed by atoms with Crippen molar-refractivity contribution in [3.63, 3.8) is 0 Å². The lowest BCUT2D eigenvalue weighted by Crippen LogP contribution is -2.41. The molecule has 0 unspecified atom stereocenters. The Labute approximate surface area is 152 Å². The fourth-order valence-electron chi connectivity index (χ4n) is 2.86. The molecule has 3 aromatic heterocycles. The molecular formula is C20H15NO6. The zero-order valence-corrected chi connectivity index (χ0v) is 14.0. The number of carbonyl (C=O) groups excluding carboxylic acids is 1. The van der Waals surface area contributed by atoms with Gasteiger partial charge in [-0.05, 0) is 30.3 Å². The number of benzene rings is 1. The van der Waals surface area contributed by atoms with E-state index in [9.17, 15) is 14.7 Å². The molecule has 1 aromatic carbocycles. The third-order valence-corrected chi connectivity index (χ3v) is 4.29. The molecule has 0 aliphatic carbocycles. The molecule has 1 atom stereocenters. The lowest BCUT2D eigenvalue weighted by molar-refractivity contribution is 0.0513. The quantitative estimate of drug-likeness (QED) is 0.563. The van der Waals surface area contributed by atoms with Gasteiger partial charge in [-0.1, -0.05) is 12.1 Å². The second kappa shape index (κ2) is 6.62. The number of aliphatic hydroxyl groups is 1. The number of para-hydroxylation sites is 1. The van der Waals surface area contributed by atoms with Crippen LogP contribution in [0.2, 0.25) is 0 Å². The molecule has 3 heterocycles. The van der Waals surface area contributed by atoms with Crippen molar-refractivity contribution in [2.24, 2.45) is 0 Å². The number of fused-ring (bicyclic) bond motifs is 1. The van der Waals surface area contributed by atoms with Crippen molar-refractivity contribution >= 4 is 16.9 Å². The predicted molar refractivity (Wildman–Crippen MR) is 95.2 cm³/mol. The number of rotatable bonds is 5. The number of amides is 1. The Morgan fingerprint density at radius 2 is 1.96 bits per heavy atom. The largest absolute Gasteiger partial charge is 0.472 e. The summed E-state index contributed by atoms with van der Waals surface area (Å²) in [4.78, 5) is 24.7. The Hall–Kier alpha value is -3.58. The smallest absolute Gasteiger partial charge is 0.287 e. The standard InChI is InChI=1S/C20H15NO6/c22-15-10-17(27-16-5-2-1-4-14(15)16)19(23)21-12-20(24,13-7-9-25-11-13)18-6-3-8-26-18/h1-11,24H,12H2,(H,21,23)/t20-/m0/s1. The molecule has 0 spiro atoms. The van der Waals surface area contributed by atoms with Crippen LogP contribution in [0, 0.1) is 0 Å². The van der Waals surface area contributed by atoms with Crippen molar-refractivity contribution in [3.8, 4) is 0 Å². The van der Waals surface area contributed by atoms with Gasteiger partial charge in [-0.25, -0.2) is 0 Å². The lowest BCUT2D eigenvalue weighted by Gasteiger charge is -2.25. The molecule has 0 aliphatic rings. The third-order valence-electron chi connectivity index (χ3n) is 4.29. The van der Waals surface area contributed by atoms with E-state index in [-0.39, 0.29) is 23.5 Å². The summed E-state index contributed by atoms with van der Waals surface area (Å²) in [6, 6.07) is 12.6. The molecule has 136 valence electrons. The average molecular weight is 365 g/mol. The zero-order chi connectivity index (χ0) is 18.9. The first-order valence-corrected chi connectivity index (χ1v) is 8.18. The Morgan fingerprint density at radius 1 is 1.11 bits per heavy atom. The number of nitrogens with one attached hydrogen (secondary N) is 1. The van der Waals surface area contributed by atoms with E-state index in [2.05, 4.69) is 5.32 Å². The Kier molecular flexibility index (Phi) is 4.13. The molecule has 0 bridgehead atoms. The van der Waals surface area contributed by atoms with Crippen molar-refractivity contribution in [1.82, 2.24) is 5.32 Å². The molecule has 7 nitrogen and oxygen atoms in total. The summed E-state index contributed by atoms with van der Waals surface area (Å²) < 4.78 is 15.9. The van der Waals surface area contributed by atoms with Gasteiger partial charge in [-0.2, -0.15) is 0 Å². The van der Waals surface area contributed by atoms with Gasteiger partial charge >= 0.3 is 0 Å². The molecular weight excluding hydrogens is 350 g/mol. The molecule has 0 radical (unpaired) electrons. The molecule has 0 saturated heterocycles. The minimum Gasteiger partial charge on any atom is -0.472 e. The van der Waals surface area contributed by atoms with Gasteiger partial charge in [0.25, 0.3) is 5.91 Å².